The van der Waals surface area contributed by atoms with E-state index in [0.29, 0.717) is 10.7 Å². The summed E-state index contributed by atoms with van der Waals surface area (Å²) in [7, 11) is 0. The number of rotatable bonds is 1. The molecule has 1 heterocycles. The molecule has 2 aromatic carbocycles. The fourth-order valence-corrected chi connectivity index (χ4v) is 2.27. The lowest BCUT2D eigenvalue weighted by Gasteiger charge is -2.06. The van der Waals surface area contributed by atoms with E-state index in [-0.39, 0.29) is 0 Å². The quantitative estimate of drug-likeness (QED) is 0.610. The van der Waals surface area contributed by atoms with Crippen molar-refractivity contribution in [2.45, 2.75) is 0 Å². The summed E-state index contributed by atoms with van der Waals surface area (Å²) in [5, 5.41) is 10.3. The Morgan fingerprint density at radius 2 is 1.74 bits per heavy atom. The first-order valence-electron chi connectivity index (χ1n) is 5.84. The van der Waals surface area contributed by atoms with Gasteiger partial charge in [-0.2, -0.15) is 5.26 Å². The third-order valence-corrected chi connectivity index (χ3v) is 3.29. The molecule has 0 unspecified atom stereocenters. The molecule has 3 aromatic rings. The number of hydrogen-bond donors (Lipinski definition) is 0. The summed E-state index contributed by atoms with van der Waals surface area (Å²) in [5.41, 5.74) is 3.35. The average Bonchev–Trinajstić information content (AvgIpc) is 2.47. The zero-order chi connectivity index (χ0) is 13.2. The predicted octanol–water partition coefficient (Wildman–Crippen LogP) is 4.43. The highest BCUT2D eigenvalue weighted by Gasteiger charge is 2.07. The second kappa shape index (κ2) is 4.72. The minimum atomic E-state index is 0.475. The molecule has 1 aromatic heterocycles. The fraction of sp³-hybridized carbons (Fsp3) is 0. The van der Waals surface area contributed by atoms with Crippen molar-refractivity contribution in [2.75, 3.05) is 0 Å². The number of aromatic nitrogens is 1. The van der Waals surface area contributed by atoms with Crippen LogP contribution < -0.4 is 0 Å². The Morgan fingerprint density at radius 1 is 1.00 bits per heavy atom. The normalized spacial score (nSPS) is 10.3. The van der Waals surface area contributed by atoms with Gasteiger partial charge in [0, 0.05) is 10.9 Å². The Morgan fingerprint density at radius 3 is 2.47 bits per heavy atom. The Kier molecular flexibility index (Phi) is 2.91. The zero-order valence-corrected chi connectivity index (χ0v) is 10.7. The SMILES string of the molecule is N#Cc1ccc(-c2cc3ccccc3nc2Cl)cc1. The van der Waals surface area contributed by atoms with Crippen molar-refractivity contribution < 1.29 is 0 Å². The van der Waals surface area contributed by atoms with E-state index in [4.69, 9.17) is 16.9 Å². The van der Waals surface area contributed by atoms with E-state index in [9.17, 15) is 0 Å². The van der Waals surface area contributed by atoms with Crippen molar-refractivity contribution >= 4 is 22.5 Å². The summed E-state index contributed by atoms with van der Waals surface area (Å²) >= 11 is 6.24. The highest BCUT2D eigenvalue weighted by molar-refractivity contribution is 6.32. The molecule has 0 amide bonds. The van der Waals surface area contributed by atoms with Gasteiger partial charge >= 0.3 is 0 Å². The highest BCUT2D eigenvalue weighted by atomic mass is 35.5. The van der Waals surface area contributed by atoms with E-state index in [1.165, 1.54) is 0 Å². The highest BCUT2D eigenvalue weighted by Crippen LogP contribution is 2.29. The molecule has 0 fully saturated rings. The van der Waals surface area contributed by atoms with Crippen molar-refractivity contribution in [1.29, 1.82) is 5.26 Å². The van der Waals surface area contributed by atoms with Crippen LogP contribution in [-0.2, 0) is 0 Å². The first-order valence-corrected chi connectivity index (χ1v) is 6.21. The number of fused-ring (bicyclic) bond motifs is 1. The summed E-state index contributed by atoms with van der Waals surface area (Å²) in [4.78, 5) is 4.39. The monoisotopic (exact) mass is 264 g/mol. The topological polar surface area (TPSA) is 36.7 Å². The van der Waals surface area contributed by atoms with Crippen LogP contribution in [0.3, 0.4) is 0 Å². The van der Waals surface area contributed by atoms with Gasteiger partial charge in [-0.25, -0.2) is 4.98 Å². The number of pyridine rings is 1. The standard InChI is InChI=1S/C16H9ClN2/c17-16-14(12-7-5-11(10-18)6-8-12)9-13-3-1-2-4-15(13)19-16/h1-9H. The van der Waals surface area contributed by atoms with Crippen molar-refractivity contribution in [1.82, 2.24) is 4.98 Å². The van der Waals surface area contributed by atoms with E-state index >= 15 is 0 Å². The molecular weight excluding hydrogens is 256 g/mol. The third-order valence-electron chi connectivity index (χ3n) is 3.00. The lowest BCUT2D eigenvalue weighted by molar-refractivity contribution is 1.40. The van der Waals surface area contributed by atoms with Crippen LogP contribution in [-0.4, -0.2) is 4.98 Å². The van der Waals surface area contributed by atoms with Gasteiger partial charge in [0.2, 0.25) is 0 Å². The lowest BCUT2D eigenvalue weighted by Crippen LogP contribution is -1.86. The van der Waals surface area contributed by atoms with Gasteiger partial charge < -0.3 is 0 Å². The van der Waals surface area contributed by atoms with Crippen molar-refractivity contribution in [3.63, 3.8) is 0 Å². The first-order chi connectivity index (χ1) is 9.28. The average molecular weight is 265 g/mol. The zero-order valence-electron chi connectivity index (χ0n) is 9.97. The molecule has 0 saturated heterocycles. The van der Waals surface area contributed by atoms with E-state index in [1.807, 2.05) is 42.5 Å². The van der Waals surface area contributed by atoms with Gasteiger partial charge in [-0.15, -0.1) is 0 Å². The summed E-state index contributed by atoms with van der Waals surface area (Å²) < 4.78 is 0. The number of benzene rings is 2. The number of nitriles is 1. The van der Waals surface area contributed by atoms with E-state index in [0.717, 1.165) is 22.0 Å². The smallest absolute Gasteiger partial charge is 0.137 e. The molecule has 0 aliphatic rings. The van der Waals surface area contributed by atoms with Crippen LogP contribution in [0.5, 0.6) is 0 Å². The molecule has 0 spiro atoms. The summed E-state index contributed by atoms with van der Waals surface area (Å²) in [6.45, 7) is 0. The Hall–Kier alpha value is -2.37. The lowest BCUT2D eigenvalue weighted by atomic mass is 10.0. The predicted molar refractivity (Wildman–Crippen MR) is 76.9 cm³/mol. The van der Waals surface area contributed by atoms with E-state index < -0.39 is 0 Å². The fourth-order valence-electron chi connectivity index (χ4n) is 2.02. The molecule has 90 valence electrons. The maximum Gasteiger partial charge on any atom is 0.137 e. The maximum atomic E-state index is 8.81. The van der Waals surface area contributed by atoms with Gasteiger partial charge in [0.25, 0.3) is 0 Å². The molecule has 0 aliphatic heterocycles. The first kappa shape index (κ1) is 11.7. The van der Waals surface area contributed by atoms with Gasteiger partial charge in [0.15, 0.2) is 0 Å². The second-order valence-corrected chi connectivity index (χ2v) is 4.57. The van der Waals surface area contributed by atoms with Gasteiger partial charge in [-0.3, -0.25) is 0 Å². The van der Waals surface area contributed by atoms with Crippen LogP contribution in [0.2, 0.25) is 5.15 Å². The van der Waals surface area contributed by atoms with E-state index in [1.54, 1.807) is 12.1 Å². The molecule has 0 atom stereocenters. The minimum absolute atomic E-state index is 0.475. The van der Waals surface area contributed by atoms with Crippen LogP contribution in [0.1, 0.15) is 5.56 Å². The molecule has 0 radical (unpaired) electrons. The van der Waals surface area contributed by atoms with Crippen LogP contribution in [0, 0.1) is 11.3 Å². The molecule has 0 bridgehead atoms. The van der Waals surface area contributed by atoms with Gasteiger partial charge in [0.05, 0.1) is 17.1 Å². The van der Waals surface area contributed by atoms with Crippen LogP contribution in [0.25, 0.3) is 22.0 Å². The van der Waals surface area contributed by atoms with Gasteiger partial charge in [-0.05, 0) is 29.8 Å². The molecule has 2 nitrogen and oxygen atoms in total. The molecule has 0 saturated carbocycles. The molecule has 0 N–H and O–H groups in total. The molecule has 3 heteroatoms. The Bertz CT molecular complexity index is 786. The van der Waals surface area contributed by atoms with Gasteiger partial charge in [-0.1, -0.05) is 41.9 Å². The third kappa shape index (κ3) is 2.16. The Balaban J connectivity index is 2.18. The molecule has 3 rings (SSSR count). The van der Waals surface area contributed by atoms with Crippen molar-refractivity contribution in [2.24, 2.45) is 0 Å². The summed E-state index contributed by atoms with van der Waals surface area (Å²) in [6.07, 6.45) is 0. The molecular formula is C16H9ClN2. The van der Waals surface area contributed by atoms with Gasteiger partial charge in [0.1, 0.15) is 5.15 Å². The molecule has 0 aliphatic carbocycles. The number of hydrogen-bond acceptors (Lipinski definition) is 2. The Labute approximate surface area is 115 Å². The molecule has 19 heavy (non-hydrogen) atoms. The van der Waals surface area contributed by atoms with Crippen molar-refractivity contribution in [3.05, 3.63) is 65.3 Å². The summed E-state index contributed by atoms with van der Waals surface area (Å²) in [6, 6.07) is 19.3. The van der Waals surface area contributed by atoms with E-state index in [2.05, 4.69) is 11.1 Å². The number of halogens is 1. The summed E-state index contributed by atoms with van der Waals surface area (Å²) in [5.74, 6) is 0. The van der Waals surface area contributed by atoms with Crippen LogP contribution in [0.4, 0.5) is 0 Å². The maximum absolute atomic E-state index is 8.81. The van der Waals surface area contributed by atoms with Crippen LogP contribution >= 0.6 is 11.6 Å². The minimum Gasteiger partial charge on any atom is -0.235 e. The number of para-hydroxylation sites is 1. The van der Waals surface area contributed by atoms with Crippen molar-refractivity contribution in [3.8, 4) is 17.2 Å². The van der Waals surface area contributed by atoms with Crippen LogP contribution in [0.15, 0.2) is 54.6 Å². The number of nitrogens with zero attached hydrogens (tertiary/aromatic N) is 2. The second-order valence-electron chi connectivity index (χ2n) is 4.21. The largest absolute Gasteiger partial charge is 0.235 e.